The average Bonchev–Trinajstić information content (AvgIpc) is 2.58. The summed E-state index contributed by atoms with van der Waals surface area (Å²) >= 11 is 0. The second-order valence-corrected chi connectivity index (χ2v) is 6.26. The SMILES string of the molecule is Cc1cccc(S(=O)(=O)N2CCCNCC2)c1.Cl. The van der Waals surface area contributed by atoms with Gasteiger partial charge in [0.1, 0.15) is 0 Å². The van der Waals surface area contributed by atoms with Crippen LogP contribution in [0.5, 0.6) is 0 Å². The molecule has 1 aromatic rings. The van der Waals surface area contributed by atoms with Crippen molar-refractivity contribution in [2.24, 2.45) is 0 Å². The lowest BCUT2D eigenvalue weighted by molar-refractivity contribution is 0.432. The van der Waals surface area contributed by atoms with Crippen LogP contribution in [0.4, 0.5) is 0 Å². The lowest BCUT2D eigenvalue weighted by Gasteiger charge is -2.19. The van der Waals surface area contributed by atoms with E-state index in [-0.39, 0.29) is 12.4 Å². The molecule has 0 spiro atoms. The normalized spacial score (nSPS) is 17.8. The minimum Gasteiger partial charge on any atom is -0.315 e. The predicted molar refractivity (Wildman–Crippen MR) is 74.7 cm³/mol. The van der Waals surface area contributed by atoms with Crippen LogP contribution in [0.1, 0.15) is 12.0 Å². The summed E-state index contributed by atoms with van der Waals surface area (Å²) in [6, 6.07) is 7.09. The first-order valence-electron chi connectivity index (χ1n) is 5.88. The average molecular weight is 291 g/mol. The Hall–Kier alpha value is -0.620. The molecule has 1 N–H and O–H groups in total. The maximum absolute atomic E-state index is 12.4. The Balaban J connectivity index is 0.00000162. The van der Waals surface area contributed by atoms with Crippen molar-refractivity contribution in [3.63, 3.8) is 0 Å². The number of benzene rings is 1. The lowest BCUT2D eigenvalue weighted by atomic mass is 10.2. The van der Waals surface area contributed by atoms with E-state index >= 15 is 0 Å². The third kappa shape index (κ3) is 3.45. The van der Waals surface area contributed by atoms with Crippen LogP contribution in [-0.4, -0.2) is 38.9 Å². The van der Waals surface area contributed by atoms with E-state index in [2.05, 4.69) is 5.32 Å². The topological polar surface area (TPSA) is 49.4 Å². The molecule has 0 bridgehead atoms. The summed E-state index contributed by atoms with van der Waals surface area (Å²) < 4.78 is 26.4. The molecule has 1 heterocycles. The number of aryl methyl sites for hydroxylation is 1. The van der Waals surface area contributed by atoms with Crippen LogP contribution in [0.25, 0.3) is 0 Å². The van der Waals surface area contributed by atoms with E-state index in [0.717, 1.165) is 25.1 Å². The number of halogens is 1. The van der Waals surface area contributed by atoms with Gasteiger partial charge in [-0.1, -0.05) is 12.1 Å². The maximum Gasteiger partial charge on any atom is 0.243 e. The molecular weight excluding hydrogens is 272 g/mol. The summed E-state index contributed by atoms with van der Waals surface area (Å²) in [7, 11) is -3.31. The van der Waals surface area contributed by atoms with Crippen molar-refractivity contribution in [2.75, 3.05) is 26.2 Å². The Morgan fingerprint density at radius 2 is 2.00 bits per heavy atom. The minimum atomic E-state index is -3.31. The van der Waals surface area contributed by atoms with Crippen LogP contribution in [-0.2, 0) is 10.0 Å². The van der Waals surface area contributed by atoms with Gasteiger partial charge in [-0.05, 0) is 37.6 Å². The molecule has 0 radical (unpaired) electrons. The summed E-state index contributed by atoms with van der Waals surface area (Å²) in [5.41, 5.74) is 0.971. The number of sulfonamides is 1. The fraction of sp³-hybridized carbons (Fsp3) is 0.500. The van der Waals surface area contributed by atoms with E-state index < -0.39 is 10.0 Å². The molecule has 0 unspecified atom stereocenters. The lowest BCUT2D eigenvalue weighted by Crippen LogP contribution is -2.34. The van der Waals surface area contributed by atoms with E-state index in [1.54, 1.807) is 22.5 Å². The molecule has 2 rings (SSSR count). The molecule has 6 heteroatoms. The van der Waals surface area contributed by atoms with Crippen LogP contribution in [0, 0.1) is 6.92 Å². The smallest absolute Gasteiger partial charge is 0.243 e. The molecule has 1 fully saturated rings. The first kappa shape index (κ1) is 15.4. The molecule has 1 aliphatic rings. The third-order valence-electron chi connectivity index (χ3n) is 2.93. The van der Waals surface area contributed by atoms with Gasteiger partial charge in [-0.3, -0.25) is 0 Å². The van der Waals surface area contributed by atoms with Gasteiger partial charge in [0, 0.05) is 19.6 Å². The molecule has 0 amide bonds. The monoisotopic (exact) mass is 290 g/mol. The first-order valence-corrected chi connectivity index (χ1v) is 7.32. The van der Waals surface area contributed by atoms with Gasteiger partial charge in [0.25, 0.3) is 0 Å². The molecule has 0 aliphatic carbocycles. The van der Waals surface area contributed by atoms with Crippen molar-refractivity contribution >= 4 is 22.4 Å². The molecule has 1 saturated heterocycles. The van der Waals surface area contributed by atoms with Crippen molar-refractivity contribution in [3.8, 4) is 0 Å². The molecule has 0 aromatic heterocycles. The Bertz CT molecular complexity index is 483. The van der Waals surface area contributed by atoms with E-state index in [1.807, 2.05) is 13.0 Å². The molecule has 1 aromatic carbocycles. The third-order valence-corrected chi connectivity index (χ3v) is 4.82. The molecule has 102 valence electrons. The number of nitrogens with zero attached hydrogens (tertiary/aromatic N) is 1. The molecule has 0 saturated carbocycles. The Kier molecular flexibility index (Phi) is 5.59. The van der Waals surface area contributed by atoms with Crippen molar-refractivity contribution in [2.45, 2.75) is 18.2 Å². The summed E-state index contributed by atoms with van der Waals surface area (Å²) in [6.07, 6.45) is 0.866. The maximum atomic E-state index is 12.4. The Morgan fingerprint density at radius 3 is 2.72 bits per heavy atom. The van der Waals surface area contributed by atoms with Crippen molar-refractivity contribution < 1.29 is 8.42 Å². The Labute approximate surface area is 115 Å². The van der Waals surface area contributed by atoms with Gasteiger partial charge < -0.3 is 5.32 Å². The second kappa shape index (κ2) is 6.52. The quantitative estimate of drug-likeness (QED) is 0.896. The predicted octanol–water partition coefficient (Wildman–Crippen LogP) is 1.40. The van der Waals surface area contributed by atoms with E-state index in [0.29, 0.717) is 18.0 Å². The molecule has 1 aliphatic heterocycles. The summed E-state index contributed by atoms with van der Waals surface area (Å²) in [6.45, 7) is 4.67. The van der Waals surface area contributed by atoms with Crippen LogP contribution in [0.2, 0.25) is 0 Å². The highest BCUT2D eigenvalue weighted by molar-refractivity contribution is 7.89. The molecule has 18 heavy (non-hydrogen) atoms. The van der Waals surface area contributed by atoms with Crippen molar-refractivity contribution in [1.29, 1.82) is 0 Å². The van der Waals surface area contributed by atoms with Crippen LogP contribution < -0.4 is 5.32 Å². The number of rotatable bonds is 2. The fourth-order valence-corrected chi connectivity index (χ4v) is 3.57. The van der Waals surface area contributed by atoms with Crippen LogP contribution >= 0.6 is 12.4 Å². The van der Waals surface area contributed by atoms with Crippen molar-refractivity contribution in [1.82, 2.24) is 9.62 Å². The van der Waals surface area contributed by atoms with E-state index in [1.165, 1.54) is 0 Å². The molecule has 0 atom stereocenters. The van der Waals surface area contributed by atoms with Gasteiger partial charge in [0.05, 0.1) is 4.90 Å². The summed E-state index contributed by atoms with van der Waals surface area (Å²) in [5.74, 6) is 0. The van der Waals surface area contributed by atoms with Crippen molar-refractivity contribution in [3.05, 3.63) is 29.8 Å². The zero-order valence-electron chi connectivity index (χ0n) is 10.4. The summed E-state index contributed by atoms with van der Waals surface area (Å²) in [5, 5.41) is 3.21. The van der Waals surface area contributed by atoms with Crippen LogP contribution in [0.3, 0.4) is 0 Å². The second-order valence-electron chi connectivity index (χ2n) is 4.32. The minimum absolute atomic E-state index is 0. The zero-order valence-corrected chi connectivity index (χ0v) is 12.1. The Morgan fingerprint density at radius 1 is 1.22 bits per heavy atom. The van der Waals surface area contributed by atoms with E-state index in [4.69, 9.17) is 0 Å². The number of nitrogens with one attached hydrogen (secondary N) is 1. The van der Waals surface area contributed by atoms with Gasteiger partial charge in [-0.15, -0.1) is 12.4 Å². The van der Waals surface area contributed by atoms with Gasteiger partial charge >= 0.3 is 0 Å². The zero-order chi connectivity index (χ0) is 12.3. The largest absolute Gasteiger partial charge is 0.315 e. The van der Waals surface area contributed by atoms with Gasteiger partial charge in [0.2, 0.25) is 10.0 Å². The van der Waals surface area contributed by atoms with Gasteiger partial charge in [-0.25, -0.2) is 8.42 Å². The van der Waals surface area contributed by atoms with Gasteiger partial charge in [0.15, 0.2) is 0 Å². The fourth-order valence-electron chi connectivity index (χ4n) is 1.99. The molecular formula is C12H19ClN2O2S. The highest BCUT2D eigenvalue weighted by Gasteiger charge is 2.24. The highest BCUT2D eigenvalue weighted by atomic mass is 35.5. The van der Waals surface area contributed by atoms with E-state index in [9.17, 15) is 8.42 Å². The number of hydrogen-bond acceptors (Lipinski definition) is 3. The first-order chi connectivity index (χ1) is 8.10. The highest BCUT2D eigenvalue weighted by Crippen LogP contribution is 2.17. The molecule has 4 nitrogen and oxygen atoms in total. The van der Waals surface area contributed by atoms with Gasteiger partial charge in [-0.2, -0.15) is 4.31 Å². The van der Waals surface area contributed by atoms with Crippen LogP contribution in [0.15, 0.2) is 29.2 Å². The summed E-state index contributed by atoms with van der Waals surface area (Å²) in [4.78, 5) is 0.402. The standard InChI is InChI=1S/C12H18N2O2S.ClH/c1-11-4-2-5-12(10-11)17(15,16)14-8-3-6-13-7-9-14;/h2,4-5,10,13H,3,6-9H2,1H3;1H. The number of hydrogen-bond donors (Lipinski definition) is 1.